The Morgan fingerprint density at radius 3 is 2.23 bits per heavy atom. The number of piperidine rings is 2. The third kappa shape index (κ3) is 4.91. The highest BCUT2D eigenvalue weighted by atomic mass is 16.3. The van der Waals surface area contributed by atoms with Gasteiger partial charge in [0, 0.05) is 19.6 Å². The molecule has 0 aromatic heterocycles. The van der Waals surface area contributed by atoms with Gasteiger partial charge in [-0.25, -0.2) is 0 Å². The molecule has 0 spiro atoms. The van der Waals surface area contributed by atoms with Crippen LogP contribution in [0.1, 0.15) is 36.3 Å². The zero-order chi connectivity index (χ0) is 21.0. The lowest BCUT2D eigenvalue weighted by molar-refractivity contribution is -0.153. The zero-order valence-electron chi connectivity index (χ0n) is 17.5. The van der Waals surface area contributed by atoms with Gasteiger partial charge in [0.25, 0.3) is 0 Å². The smallest absolute Gasteiger partial charge is 0.227 e. The van der Waals surface area contributed by atoms with Crippen LogP contribution in [0.3, 0.4) is 0 Å². The maximum absolute atomic E-state index is 12.6. The molecule has 2 atom stereocenters. The molecule has 160 valence electrons. The van der Waals surface area contributed by atoms with Gasteiger partial charge in [-0.1, -0.05) is 60.7 Å². The average molecular weight is 409 g/mol. The number of hydrogen-bond acceptors (Lipinski definition) is 4. The van der Waals surface area contributed by atoms with E-state index in [9.17, 15) is 15.0 Å². The van der Waals surface area contributed by atoms with E-state index in [2.05, 4.69) is 29.2 Å². The van der Waals surface area contributed by atoms with E-state index >= 15 is 0 Å². The molecule has 2 aromatic carbocycles. The van der Waals surface area contributed by atoms with Gasteiger partial charge < -0.3 is 20.0 Å². The molecule has 0 saturated carbocycles. The number of nitrogens with zero attached hydrogens (tertiary/aromatic N) is 2. The summed E-state index contributed by atoms with van der Waals surface area (Å²) in [5, 5.41) is 21.8. The first-order valence-electron chi connectivity index (χ1n) is 11.0. The summed E-state index contributed by atoms with van der Waals surface area (Å²) >= 11 is 0. The minimum absolute atomic E-state index is 0.00553. The first-order valence-corrected chi connectivity index (χ1v) is 11.0. The van der Waals surface area contributed by atoms with Crippen LogP contribution >= 0.6 is 0 Å². The van der Waals surface area contributed by atoms with Gasteiger partial charge in [0.15, 0.2) is 0 Å². The standard InChI is InChI=1S/C25H32N2O3/c28-23-18-27(24(29)17-20-7-3-1-4-8-20)16-13-25(23,30)19-26-14-11-22(12-15-26)21-9-5-2-6-10-21/h1-10,22-23,28,30H,11-19H2/t23-,25-/m0/s1. The first-order chi connectivity index (χ1) is 14.5. The second-order valence-electron chi connectivity index (χ2n) is 8.83. The van der Waals surface area contributed by atoms with E-state index in [4.69, 9.17) is 0 Å². The van der Waals surface area contributed by atoms with Crippen molar-refractivity contribution in [2.45, 2.75) is 43.3 Å². The number of aliphatic hydroxyl groups is 2. The Labute approximate surface area is 178 Å². The third-order valence-corrected chi connectivity index (χ3v) is 6.74. The van der Waals surface area contributed by atoms with Gasteiger partial charge in [-0.05, 0) is 49.4 Å². The minimum atomic E-state index is -1.15. The molecular weight excluding hydrogens is 376 g/mol. The summed E-state index contributed by atoms with van der Waals surface area (Å²) in [7, 11) is 0. The Morgan fingerprint density at radius 2 is 1.60 bits per heavy atom. The number of likely N-dealkylation sites (tertiary alicyclic amines) is 2. The van der Waals surface area contributed by atoms with Crippen molar-refractivity contribution in [3.8, 4) is 0 Å². The Balaban J connectivity index is 1.28. The van der Waals surface area contributed by atoms with Crippen LogP contribution in [0.15, 0.2) is 60.7 Å². The molecule has 5 heteroatoms. The molecule has 2 heterocycles. The Hall–Kier alpha value is -2.21. The largest absolute Gasteiger partial charge is 0.388 e. The lowest BCUT2D eigenvalue weighted by Gasteiger charge is -2.45. The fourth-order valence-corrected chi connectivity index (χ4v) is 4.80. The molecule has 0 radical (unpaired) electrons. The number of hydrogen-bond donors (Lipinski definition) is 2. The number of β-amino-alcohol motifs (C(OH)–C–C–N with tert-alkyl or cyclic N) is 2. The van der Waals surface area contributed by atoms with Crippen molar-refractivity contribution in [2.24, 2.45) is 0 Å². The molecule has 30 heavy (non-hydrogen) atoms. The van der Waals surface area contributed by atoms with Crippen molar-refractivity contribution in [3.05, 3.63) is 71.8 Å². The maximum Gasteiger partial charge on any atom is 0.227 e. The number of carbonyl (C=O) groups excluding carboxylic acids is 1. The van der Waals surface area contributed by atoms with Crippen LogP contribution in [0.5, 0.6) is 0 Å². The molecule has 2 N–H and O–H groups in total. The Kier molecular flexibility index (Phi) is 6.52. The SMILES string of the molecule is O=C(Cc1ccccc1)N1CC[C@](O)(CN2CCC(c3ccccc3)CC2)[C@@H](O)C1. The molecule has 2 aliphatic rings. The van der Waals surface area contributed by atoms with Crippen molar-refractivity contribution in [1.29, 1.82) is 0 Å². The third-order valence-electron chi connectivity index (χ3n) is 6.74. The minimum Gasteiger partial charge on any atom is -0.388 e. The zero-order valence-corrected chi connectivity index (χ0v) is 17.5. The molecule has 1 amide bonds. The molecular formula is C25H32N2O3. The van der Waals surface area contributed by atoms with E-state index in [1.165, 1.54) is 5.56 Å². The van der Waals surface area contributed by atoms with Gasteiger partial charge in [0.05, 0.1) is 6.42 Å². The highest BCUT2D eigenvalue weighted by molar-refractivity contribution is 5.79. The van der Waals surface area contributed by atoms with Crippen LogP contribution < -0.4 is 0 Å². The lowest BCUT2D eigenvalue weighted by atomic mass is 9.85. The van der Waals surface area contributed by atoms with Crippen molar-refractivity contribution >= 4 is 5.91 Å². The molecule has 5 nitrogen and oxygen atoms in total. The predicted octanol–water partition coefficient (Wildman–Crippen LogP) is 2.43. The number of aliphatic hydroxyl groups excluding tert-OH is 1. The fraction of sp³-hybridized carbons (Fsp3) is 0.480. The van der Waals surface area contributed by atoms with Crippen molar-refractivity contribution in [1.82, 2.24) is 9.80 Å². The first kappa shape index (κ1) is 21.0. The average Bonchev–Trinajstić information content (AvgIpc) is 2.77. The van der Waals surface area contributed by atoms with E-state index < -0.39 is 11.7 Å². The monoisotopic (exact) mass is 408 g/mol. The molecule has 0 unspecified atom stereocenters. The van der Waals surface area contributed by atoms with Crippen LogP contribution in [0, 0.1) is 0 Å². The molecule has 2 fully saturated rings. The summed E-state index contributed by atoms with van der Waals surface area (Å²) in [6.07, 6.45) is 1.96. The predicted molar refractivity (Wildman–Crippen MR) is 117 cm³/mol. The summed E-state index contributed by atoms with van der Waals surface area (Å²) in [4.78, 5) is 16.6. The van der Waals surface area contributed by atoms with Crippen molar-refractivity contribution < 1.29 is 15.0 Å². The Bertz CT molecular complexity index is 821. The summed E-state index contributed by atoms with van der Waals surface area (Å²) in [6, 6.07) is 20.3. The maximum atomic E-state index is 12.6. The summed E-state index contributed by atoms with van der Waals surface area (Å²) in [5.41, 5.74) is 1.21. The number of amides is 1. The lowest BCUT2D eigenvalue weighted by Crippen LogP contribution is -2.61. The molecule has 4 rings (SSSR count). The van der Waals surface area contributed by atoms with E-state index in [1.807, 2.05) is 36.4 Å². The highest BCUT2D eigenvalue weighted by Gasteiger charge is 2.43. The number of benzene rings is 2. The summed E-state index contributed by atoms with van der Waals surface area (Å²) in [6.45, 7) is 3.00. The Morgan fingerprint density at radius 1 is 0.967 bits per heavy atom. The van der Waals surface area contributed by atoms with Gasteiger partial charge in [-0.15, -0.1) is 0 Å². The van der Waals surface area contributed by atoms with E-state index in [1.54, 1.807) is 4.90 Å². The van der Waals surface area contributed by atoms with E-state index in [0.717, 1.165) is 31.5 Å². The topological polar surface area (TPSA) is 64.0 Å². The van der Waals surface area contributed by atoms with E-state index in [-0.39, 0.29) is 12.5 Å². The molecule has 0 aliphatic carbocycles. The summed E-state index contributed by atoms with van der Waals surface area (Å²) in [5.74, 6) is 0.574. The summed E-state index contributed by atoms with van der Waals surface area (Å²) < 4.78 is 0. The van der Waals surface area contributed by atoms with Crippen LogP contribution in [0.2, 0.25) is 0 Å². The van der Waals surface area contributed by atoms with Gasteiger partial charge in [-0.2, -0.15) is 0 Å². The van der Waals surface area contributed by atoms with Gasteiger partial charge in [0.1, 0.15) is 11.7 Å². The van der Waals surface area contributed by atoms with Crippen LogP contribution in [-0.4, -0.2) is 70.3 Å². The molecule has 0 bridgehead atoms. The highest BCUT2D eigenvalue weighted by Crippen LogP contribution is 2.30. The normalized spacial score (nSPS) is 25.9. The second-order valence-corrected chi connectivity index (χ2v) is 8.83. The molecule has 2 saturated heterocycles. The number of carbonyl (C=O) groups is 1. The van der Waals surface area contributed by atoms with E-state index in [0.29, 0.717) is 31.8 Å². The molecule has 2 aliphatic heterocycles. The van der Waals surface area contributed by atoms with Crippen LogP contribution in [-0.2, 0) is 11.2 Å². The van der Waals surface area contributed by atoms with Gasteiger partial charge in [-0.3, -0.25) is 4.79 Å². The second kappa shape index (κ2) is 9.29. The number of rotatable bonds is 5. The quantitative estimate of drug-likeness (QED) is 0.798. The van der Waals surface area contributed by atoms with Gasteiger partial charge >= 0.3 is 0 Å². The van der Waals surface area contributed by atoms with Crippen LogP contribution in [0.25, 0.3) is 0 Å². The van der Waals surface area contributed by atoms with Gasteiger partial charge in [0.2, 0.25) is 5.91 Å². The van der Waals surface area contributed by atoms with Crippen LogP contribution in [0.4, 0.5) is 0 Å². The van der Waals surface area contributed by atoms with Crippen molar-refractivity contribution in [2.75, 3.05) is 32.7 Å². The molecule has 2 aromatic rings. The van der Waals surface area contributed by atoms with Crippen molar-refractivity contribution in [3.63, 3.8) is 0 Å². The fourth-order valence-electron chi connectivity index (χ4n) is 4.80.